The lowest BCUT2D eigenvalue weighted by Gasteiger charge is -2.05. The van der Waals surface area contributed by atoms with Crippen molar-refractivity contribution in [3.05, 3.63) is 47.0 Å². The van der Waals surface area contributed by atoms with Crippen LogP contribution in [0, 0.1) is 0 Å². The molecule has 23 heavy (non-hydrogen) atoms. The Morgan fingerprint density at radius 3 is 1.83 bits per heavy atom. The largest absolute Gasteiger partial charge is 0.577 e. The molecule has 1 aliphatic rings. The maximum absolute atomic E-state index is 10.8. The first-order valence-electron chi connectivity index (χ1n) is 6.70. The van der Waals surface area contributed by atoms with Crippen LogP contribution < -0.4 is 0 Å². The minimum atomic E-state index is -1.37. The molecule has 2 rings (SSSR count). The van der Waals surface area contributed by atoms with Crippen molar-refractivity contribution in [2.45, 2.75) is 13.8 Å². The summed E-state index contributed by atoms with van der Waals surface area (Å²) in [5, 5.41) is 0. The molecule has 6 nitrogen and oxygen atoms in total. The number of carbonyl (C=O) groups is 2. The Labute approximate surface area is 142 Å². The molecule has 0 unspecified atom stereocenters. The number of fused-ring (bicyclic) bond motifs is 1. The van der Waals surface area contributed by atoms with Gasteiger partial charge in [0.15, 0.2) is 0 Å². The molecule has 0 saturated heterocycles. The average molecular weight is 360 g/mol. The minimum absolute atomic E-state index is 0.359. The number of cyclic esters (lactones) is 2. The van der Waals surface area contributed by atoms with Gasteiger partial charge in [-0.15, -0.1) is 0 Å². The molecular formula is C15H20ClO6Si. The van der Waals surface area contributed by atoms with Crippen LogP contribution in [0.5, 0.6) is 0 Å². The molecule has 0 saturated carbocycles. The second-order valence-corrected chi connectivity index (χ2v) is 5.63. The summed E-state index contributed by atoms with van der Waals surface area (Å²) in [6.07, 6.45) is 1.77. The molecule has 0 bridgehead atoms. The Morgan fingerprint density at radius 1 is 1.13 bits per heavy atom. The Kier molecular flexibility index (Phi) is 12.1. The number of hydrogen-bond acceptors (Lipinski definition) is 6. The number of hydrogen-bond donors (Lipinski definition) is 0. The van der Waals surface area contributed by atoms with E-state index in [1.54, 1.807) is 44.6 Å². The van der Waals surface area contributed by atoms with Gasteiger partial charge in [0.05, 0.1) is 11.1 Å². The molecule has 1 aliphatic heterocycles. The van der Waals surface area contributed by atoms with Crippen molar-refractivity contribution < 1.29 is 27.6 Å². The molecule has 0 aromatic heterocycles. The normalized spacial score (nSPS) is 12.3. The predicted octanol–water partition coefficient (Wildman–Crippen LogP) is 3.06. The summed E-state index contributed by atoms with van der Waals surface area (Å²) in [6.45, 7) is 4.42. The van der Waals surface area contributed by atoms with E-state index in [0.29, 0.717) is 17.7 Å². The number of halogens is 1. The summed E-state index contributed by atoms with van der Waals surface area (Å²) < 4.78 is 18.9. The number of rotatable bonds is 4. The molecule has 1 aromatic carbocycles. The maximum atomic E-state index is 10.8. The van der Waals surface area contributed by atoms with Crippen LogP contribution in [-0.2, 0) is 18.0 Å². The molecular weight excluding hydrogens is 340 g/mol. The van der Waals surface area contributed by atoms with Crippen molar-refractivity contribution in [1.82, 2.24) is 0 Å². The maximum Gasteiger partial charge on any atom is 0.577 e. The van der Waals surface area contributed by atoms with Crippen LogP contribution in [0.4, 0.5) is 0 Å². The van der Waals surface area contributed by atoms with Crippen LogP contribution in [0.25, 0.3) is 0 Å². The van der Waals surface area contributed by atoms with E-state index in [4.69, 9.17) is 24.9 Å². The summed E-state index contributed by atoms with van der Waals surface area (Å²) in [6, 6.07) is 6.53. The van der Waals surface area contributed by atoms with Gasteiger partial charge in [-0.05, 0) is 31.5 Å². The zero-order valence-corrected chi connectivity index (χ0v) is 15.3. The van der Waals surface area contributed by atoms with Crippen LogP contribution in [0.2, 0.25) is 0 Å². The van der Waals surface area contributed by atoms with Gasteiger partial charge < -0.3 is 18.0 Å². The third-order valence-corrected chi connectivity index (χ3v) is 3.72. The van der Waals surface area contributed by atoms with E-state index in [-0.39, 0.29) is 0 Å². The average Bonchev–Trinajstić information content (AvgIpc) is 2.88. The monoisotopic (exact) mass is 359 g/mol. The number of esters is 2. The van der Waals surface area contributed by atoms with Crippen LogP contribution in [-0.4, -0.2) is 42.3 Å². The molecule has 0 fully saturated rings. The highest BCUT2D eigenvalue weighted by Crippen LogP contribution is 2.18. The fraction of sp³-hybridized carbons (Fsp3) is 0.333. The number of allylic oxidation sites excluding steroid dienone is 1. The molecule has 0 spiro atoms. The zero-order chi connectivity index (χ0) is 17.7. The second kappa shape index (κ2) is 13.0. The summed E-state index contributed by atoms with van der Waals surface area (Å²) >= 11 is 5.01. The van der Waals surface area contributed by atoms with Crippen LogP contribution in [0.3, 0.4) is 0 Å². The SMILES string of the molecule is CC=CCl.CCO[Si](OC)OC.O=C1OC(=O)c2ccccc21. The highest BCUT2D eigenvalue weighted by atomic mass is 35.5. The van der Waals surface area contributed by atoms with Crippen molar-refractivity contribution in [3.8, 4) is 0 Å². The molecule has 8 heteroatoms. The minimum Gasteiger partial charge on any atom is -0.386 e. The third-order valence-electron chi connectivity index (χ3n) is 2.27. The zero-order valence-electron chi connectivity index (χ0n) is 13.5. The van der Waals surface area contributed by atoms with E-state index >= 15 is 0 Å². The van der Waals surface area contributed by atoms with Crippen molar-refractivity contribution in [1.29, 1.82) is 0 Å². The summed E-state index contributed by atoms with van der Waals surface area (Å²) in [7, 11) is 1.78. The first kappa shape index (κ1) is 21.5. The number of ether oxygens (including phenoxy) is 1. The summed E-state index contributed by atoms with van der Waals surface area (Å²) in [5.41, 5.74) is 2.19. The van der Waals surface area contributed by atoms with Crippen LogP contribution >= 0.6 is 11.6 Å². The lowest BCUT2D eigenvalue weighted by atomic mass is 10.1. The van der Waals surface area contributed by atoms with Crippen molar-refractivity contribution >= 4 is 33.1 Å². The predicted molar refractivity (Wildman–Crippen MR) is 88.3 cm³/mol. The van der Waals surface area contributed by atoms with Gasteiger partial charge in [0.25, 0.3) is 0 Å². The molecule has 0 atom stereocenters. The van der Waals surface area contributed by atoms with Gasteiger partial charge in [0.2, 0.25) is 0 Å². The molecule has 0 amide bonds. The third kappa shape index (κ3) is 8.05. The number of carbonyl (C=O) groups excluding carboxylic acids is 2. The molecule has 1 heterocycles. The standard InChI is InChI=1S/C8H4O3.C4H11O3Si.C3H5Cl/c9-7-5-3-1-2-4-6(5)8(10)11-7;1-4-7-8(5-2)6-3;1-2-3-4/h1-4H;4H2,1-3H3;2-3H,1H3. The van der Waals surface area contributed by atoms with E-state index in [1.807, 2.05) is 13.8 Å². The van der Waals surface area contributed by atoms with Gasteiger partial charge in [-0.25, -0.2) is 9.59 Å². The lowest BCUT2D eigenvalue weighted by Crippen LogP contribution is -2.23. The van der Waals surface area contributed by atoms with E-state index < -0.39 is 21.5 Å². The first-order valence-corrected chi connectivity index (χ1v) is 8.36. The van der Waals surface area contributed by atoms with Crippen molar-refractivity contribution in [2.24, 2.45) is 0 Å². The topological polar surface area (TPSA) is 71.1 Å². The van der Waals surface area contributed by atoms with Crippen LogP contribution in [0.15, 0.2) is 35.9 Å². The lowest BCUT2D eigenvalue weighted by molar-refractivity contribution is 0.0443. The highest BCUT2D eigenvalue weighted by Gasteiger charge is 2.28. The molecule has 1 aromatic rings. The summed E-state index contributed by atoms with van der Waals surface area (Å²) in [4.78, 5) is 21.7. The molecule has 1 radical (unpaired) electrons. The van der Waals surface area contributed by atoms with Gasteiger partial charge >= 0.3 is 21.5 Å². The van der Waals surface area contributed by atoms with E-state index in [0.717, 1.165) is 0 Å². The van der Waals surface area contributed by atoms with Gasteiger partial charge in [-0.3, -0.25) is 0 Å². The fourth-order valence-electron chi connectivity index (χ4n) is 1.35. The summed E-state index contributed by atoms with van der Waals surface area (Å²) in [5.74, 6) is -1.10. The second-order valence-electron chi connectivity index (χ2n) is 3.77. The van der Waals surface area contributed by atoms with Crippen LogP contribution in [0.1, 0.15) is 34.6 Å². The molecule has 127 valence electrons. The molecule has 0 N–H and O–H groups in total. The van der Waals surface area contributed by atoms with Gasteiger partial charge in [-0.2, -0.15) is 0 Å². The van der Waals surface area contributed by atoms with Gasteiger partial charge in [-0.1, -0.05) is 29.8 Å². The smallest absolute Gasteiger partial charge is 0.386 e. The Bertz CT molecular complexity index is 479. The van der Waals surface area contributed by atoms with E-state index in [9.17, 15) is 9.59 Å². The Morgan fingerprint density at radius 2 is 1.57 bits per heavy atom. The Balaban J connectivity index is 0.000000357. The van der Waals surface area contributed by atoms with E-state index in [1.165, 1.54) is 5.54 Å². The van der Waals surface area contributed by atoms with Crippen molar-refractivity contribution in [3.63, 3.8) is 0 Å². The highest BCUT2D eigenvalue weighted by molar-refractivity contribution is 6.36. The fourth-order valence-corrected chi connectivity index (χ4v) is 1.99. The van der Waals surface area contributed by atoms with Crippen molar-refractivity contribution in [2.75, 3.05) is 20.8 Å². The van der Waals surface area contributed by atoms with E-state index in [2.05, 4.69) is 4.74 Å². The molecule has 0 aliphatic carbocycles. The quantitative estimate of drug-likeness (QED) is 0.467. The first-order chi connectivity index (χ1) is 11.0. The Hall–Kier alpha value is -1.51. The van der Waals surface area contributed by atoms with Gasteiger partial charge in [0.1, 0.15) is 0 Å². The number of benzene rings is 1. The van der Waals surface area contributed by atoms with Gasteiger partial charge in [0, 0.05) is 20.8 Å².